The fraction of sp³-hybridized carbons (Fsp3) is 0.769. The molecule has 1 heterocycles. The summed E-state index contributed by atoms with van der Waals surface area (Å²) in [5, 5.41) is 3.39. The van der Waals surface area contributed by atoms with Crippen molar-refractivity contribution in [3.05, 3.63) is 11.9 Å². The molecule has 0 aromatic carbocycles. The Hall–Kier alpha value is -1.03. The third kappa shape index (κ3) is 4.38. The summed E-state index contributed by atoms with van der Waals surface area (Å²) >= 11 is 0. The third-order valence-electron chi connectivity index (χ3n) is 2.87. The SMILES string of the molecule is CCN(CC)CCn1cc(C)nc1NC(C)C. The van der Waals surface area contributed by atoms with Crippen molar-refractivity contribution in [1.29, 1.82) is 0 Å². The lowest BCUT2D eigenvalue weighted by atomic mass is 10.4. The van der Waals surface area contributed by atoms with Crippen LogP contribution in [0.3, 0.4) is 0 Å². The van der Waals surface area contributed by atoms with Crippen LogP contribution in [-0.4, -0.2) is 40.1 Å². The lowest BCUT2D eigenvalue weighted by Crippen LogP contribution is -2.27. The molecule has 0 fully saturated rings. The molecule has 0 radical (unpaired) electrons. The van der Waals surface area contributed by atoms with Gasteiger partial charge in [0, 0.05) is 25.3 Å². The van der Waals surface area contributed by atoms with Crippen molar-refractivity contribution in [2.45, 2.75) is 47.2 Å². The zero-order chi connectivity index (χ0) is 12.8. The van der Waals surface area contributed by atoms with Crippen molar-refractivity contribution in [2.24, 2.45) is 0 Å². The van der Waals surface area contributed by atoms with E-state index in [1.807, 2.05) is 6.92 Å². The van der Waals surface area contributed by atoms with Crippen molar-refractivity contribution in [3.8, 4) is 0 Å². The summed E-state index contributed by atoms with van der Waals surface area (Å²) in [6.45, 7) is 15.0. The summed E-state index contributed by atoms with van der Waals surface area (Å²) in [5.74, 6) is 0.990. The molecule has 0 saturated carbocycles. The van der Waals surface area contributed by atoms with E-state index in [4.69, 9.17) is 0 Å². The van der Waals surface area contributed by atoms with Gasteiger partial charge in [-0.15, -0.1) is 0 Å². The number of hydrogen-bond acceptors (Lipinski definition) is 3. The molecule has 1 aromatic heterocycles. The minimum absolute atomic E-state index is 0.420. The van der Waals surface area contributed by atoms with Gasteiger partial charge in [-0.3, -0.25) is 0 Å². The number of aryl methyl sites for hydroxylation is 1. The van der Waals surface area contributed by atoms with E-state index in [0.717, 1.165) is 37.8 Å². The highest BCUT2D eigenvalue weighted by Crippen LogP contribution is 2.09. The largest absolute Gasteiger partial charge is 0.353 e. The van der Waals surface area contributed by atoms with Gasteiger partial charge in [-0.2, -0.15) is 0 Å². The van der Waals surface area contributed by atoms with Crippen molar-refractivity contribution in [2.75, 3.05) is 25.0 Å². The van der Waals surface area contributed by atoms with Gasteiger partial charge in [0.25, 0.3) is 0 Å². The second-order valence-electron chi connectivity index (χ2n) is 4.73. The number of imidazole rings is 1. The second-order valence-corrected chi connectivity index (χ2v) is 4.73. The summed E-state index contributed by atoms with van der Waals surface area (Å²) in [4.78, 5) is 6.94. The number of likely N-dealkylation sites (N-methyl/N-ethyl adjacent to an activating group) is 1. The summed E-state index contributed by atoms with van der Waals surface area (Å²) in [6.07, 6.45) is 2.12. The van der Waals surface area contributed by atoms with Crippen LogP contribution in [0.1, 0.15) is 33.4 Å². The molecular formula is C13H26N4. The fourth-order valence-electron chi connectivity index (χ4n) is 1.88. The molecule has 0 aliphatic carbocycles. The third-order valence-corrected chi connectivity index (χ3v) is 2.87. The van der Waals surface area contributed by atoms with E-state index in [2.05, 4.69) is 53.7 Å². The zero-order valence-electron chi connectivity index (χ0n) is 11.8. The highest BCUT2D eigenvalue weighted by molar-refractivity contribution is 5.29. The van der Waals surface area contributed by atoms with E-state index in [1.54, 1.807) is 0 Å². The molecule has 0 bridgehead atoms. The first-order valence-corrected chi connectivity index (χ1v) is 6.59. The smallest absolute Gasteiger partial charge is 0.203 e. The Morgan fingerprint density at radius 3 is 2.53 bits per heavy atom. The predicted molar refractivity (Wildman–Crippen MR) is 73.5 cm³/mol. The Morgan fingerprint density at radius 1 is 1.35 bits per heavy atom. The quantitative estimate of drug-likeness (QED) is 0.791. The monoisotopic (exact) mass is 238 g/mol. The van der Waals surface area contributed by atoms with Gasteiger partial charge in [0.2, 0.25) is 5.95 Å². The minimum Gasteiger partial charge on any atom is -0.353 e. The Bertz CT molecular complexity index is 326. The zero-order valence-corrected chi connectivity index (χ0v) is 11.8. The molecule has 1 N–H and O–H groups in total. The molecule has 0 aliphatic heterocycles. The highest BCUT2D eigenvalue weighted by Gasteiger charge is 2.07. The molecule has 0 atom stereocenters. The van der Waals surface area contributed by atoms with Gasteiger partial charge in [-0.25, -0.2) is 4.98 Å². The Balaban J connectivity index is 2.63. The normalized spacial score (nSPS) is 11.5. The maximum Gasteiger partial charge on any atom is 0.203 e. The maximum absolute atomic E-state index is 4.51. The first kappa shape index (κ1) is 14.0. The minimum atomic E-state index is 0.420. The number of nitrogens with zero attached hydrogens (tertiary/aromatic N) is 3. The van der Waals surface area contributed by atoms with Gasteiger partial charge in [0.1, 0.15) is 0 Å². The van der Waals surface area contributed by atoms with E-state index >= 15 is 0 Å². The van der Waals surface area contributed by atoms with E-state index in [1.165, 1.54) is 0 Å². The van der Waals surface area contributed by atoms with Crippen molar-refractivity contribution in [3.63, 3.8) is 0 Å². The number of aromatic nitrogens is 2. The van der Waals surface area contributed by atoms with Crippen LogP contribution in [0, 0.1) is 6.92 Å². The van der Waals surface area contributed by atoms with E-state index in [9.17, 15) is 0 Å². The van der Waals surface area contributed by atoms with Crippen LogP contribution in [0.25, 0.3) is 0 Å². The molecule has 1 rings (SSSR count). The molecule has 1 aromatic rings. The number of anilines is 1. The first-order chi connectivity index (χ1) is 8.06. The van der Waals surface area contributed by atoms with Gasteiger partial charge >= 0.3 is 0 Å². The Morgan fingerprint density at radius 2 is 2.00 bits per heavy atom. The molecule has 0 unspecified atom stereocenters. The van der Waals surface area contributed by atoms with Crippen molar-refractivity contribution in [1.82, 2.24) is 14.5 Å². The molecule has 4 heteroatoms. The standard InChI is InChI=1S/C13H26N4/c1-6-16(7-2)8-9-17-10-12(5)15-13(17)14-11(3)4/h10-11H,6-9H2,1-5H3,(H,14,15). The summed E-state index contributed by atoms with van der Waals surface area (Å²) in [5.41, 5.74) is 1.08. The predicted octanol–water partition coefficient (Wildman–Crippen LogP) is 2.35. The molecular weight excluding hydrogens is 212 g/mol. The second kappa shape index (κ2) is 6.64. The van der Waals surface area contributed by atoms with Crippen LogP contribution in [0.4, 0.5) is 5.95 Å². The maximum atomic E-state index is 4.51. The molecule has 0 saturated heterocycles. The highest BCUT2D eigenvalue weighted by atomic mass is 15.2. The van der Waals surface area contributed by atoms with Crippen molar-refractivity contribution < 1.29 is 0 Å². The van der Waals surface area contributed by atoms with E-state index in [-0.39, 0.29) is 0 Å². The van der Waals surface area contributed by atoms with E-state index < -0.39 is 0 Å². The van der Waals surface area contributed by atoms with Crippen LogP contribution >= 0.6 is 0 Å². The summed E-state index contributed by atoms with van der Waals surface area (Å²) < 4.78 is 2.22. The topological polar surface area (TPSA) is 33.1 Å². The van der Waals surface area contributed by atoms with Crippen molar-refractivity contribution >= 4 is 5.95 Å². The van der Waals surface area contributed by atoms with Crippen LogP contribution < -0.4 is 5.32 Å². The molecule has 98 valence electrons. The van der Waals surface area contributed by atoms with Crippen LogP contribution in [0.15, 0.2) is 6.20 Å². The number of nitrogens with one attached hydrogen (secondary N) is 1. The molecule has 0 spiro atoms. The average molecular weight is 238 g/mol. The summed E-state index contributed by atoms with van der Waals surface area (Å²) in [6, 6.07) is 0.420. The van der Waals surface area contributed by atoms with Crippen LogP contribution in [0.5, 0.6) is 0 Å². The Labute approximate surface area is 105 Å². The molecule has 0 amide bonds. The molecule has 0 aliphatic rings. The van der Waals surface area contributed by atoms with Crippen LogP contribution in [-0.2, 0) is 6.54 Å². The molecule has 4 nitrogen and oxygen atoms in total. The lowest BCUT2D eigenvalue weighted by Gasteiger charge is -2.19. The molecule has 17 heavy (non-hydrogen) atoms. The van der Waals surface area contributed by atoms with Gasteiger partial charge in [-0.1, -0.05) is 13.8 Å². The van der Waals surface area contributed by atoms with Gasteiger partial charge < -0.3 is 14.8 Å². The van der Waals surface area contributed by atoms with Gasteiger partial charge in [-0.05, 0) is 33.9 Å². The lowest BCUT2D eigenvalue weighted by molar-refractivity contribution is 0.291. The van der Waals surface area contributed by atoms with E-state index in [0.29, 0.717) is 6.04 Å². The Kier molecular flexibility index (Phi) is 5.48. The summed E-state index contributed by atoms with van der Waals surface area (Å²) in [7, 11) is 0. The average Bonchev–Trinajstić information content (AvgIpc) is 2.59. The first-order valence-electron chi connectivity index (χ1n) is 6.59. The van der Waals surface area contributed by atoms with Crippen LogP contribution in [0.2, 0.25) is 0 Å². The number of hydrogen-bond donors (Lipinski definition) is 1. The number of rotatable bonds is 7. The van der Waals surface area contributed by atoms with Gasteiger partial charge in [0.15, 0.2) is 0 Å². The van der Waals surface area contributed by atoms with Gasteiger partial charge in [0.05, 0.1) is 5.69 Å². The fourth-order valence-corrected chi connectivity index (χ4v) is 1.88.